The topological polar surface area (TPSA) is 67.4 Å². The van der Waals surface area contributed by atoms with Crippen LogP contribution in [0.3, 0.4) is 0 Å². The van der Waals surface area contributed by atoms with Crippen LogP contribution in [-0.2, 0) is 4.79 Å². The number of halogens is 1. The zero-order chi connectivity index (χ0) is 20.9. The largest absolute Gasteiger partial charge is 0.436 e. The number of rotatable bonds is 5. The fourth-order valence-corrected chi connectivity index (χ4v) is 3.71. The second-order valence-corrected chi connectivity index (χ2v) is 7.82. The maximum absolute atomic E-state index is 12.8. The zero-order valence-electron chi connectivity index (χ0n) is 16.7. The molecule has 30 heavy (non-hydrogen) atoms. The van der Waals surface area contributed by atoms with Crippen molar-refractivity contribution in [3.63, 3.8) is 0 Å². The molecule has 154 valence electrons. The number of anilines is 2. The lowest BCUT2D eigenvalue weighted by Crippen LogP contribution is -2.41. The molecule has 0 bridgehead atoms. The molecule has 0 unspecified atom stereocenters. The molecule has 1 aliphatic rings. The number of aromatic nitrogens is 2. The van der Waals surface area contributed by atoms with Crippen LogP contribution in [0.4, 0.5) is 11.5 Å². The standard InChI is InChI=1S/C23H23ClN4O2/c1-16-7-9-20(10-8-16)30-23-21(25-11-12-26-23)28-13-3-4-17(15-28)22(29)27-19-6-2-5-18(24)14-19/h2,5-12,14,17H,3-4,13,15H2,1H3,(H,27,29)/t17-/m1/s1. The Hall–Kier alpha value is -3.12. The minimum Gasteiger partial charge on any atom is -0.436 e. The number of hydrogen-bond acceptors (Lipinski definition) is 5. The van der Waals surface area contributed by atoms with Crippen molar-refractivity contribution >= 4 is 29.0 Å². The van der Waals surface area contributed by atoms with Crippen LogP contribution >= 0.6 is 11.6 Å². The summed E-state index contributed by atoms with van der Waals surface area (Å²) in [6.07, 6.45) is 4.96. The summed E-state index contributed by atoms with van der Waals surface area (Å²) < 4.78 is 5.99. The summed E-state index contributed by atoms with van der Waals surface area (Å²) in [5, 5.41) is 3.56. The van der Waals surface area contributed by atoms with Gasteiger partial charge in [-0.25, -0.2) is 9.97 Å². The summed E-state index contributed by atoms with van der Waals surface area (Å²) in [7, 11) is 0. The van der Waals surface area contributed by atoms with Gasteiger partial charge in [0.15, 0.2) is 5.82 Å². The Labute approximate surface area is 180 Å². The molecule has 1 aliphatic heterocycles. The maximum atomic E-state index is 12.8. The highest BCUT2D eigenvalue weighted by molar-refractivity contribution is 6.30. The molecule has 2 aromatic carbocycles. The number of nitrogens with one attached hydrogen (secondary N) is 1. The number of carbonyl (C=O) groups excluding carboxylic acids is 1. The van der Waals surface area contributed by atoms with Gasteiger partial charge in [0.1, 0.15) is 5.75 Å². The summed E-state index contributed by atoms with van der Waals surface area (Å²) in [4.78, 5) is 23.8. The van der Waals surface area contributed by atoms with E-state index in [1.54, 1.807) is 24.5 Å². The molecule has 7 heteroatoms. The van der Waals surface area contributed by atoms with Crippen molar-refractivity contribution in [3.05, 3.63) is 71.5 Å². The molecule has 1 fully saturated rings. The van der Waals surface area contributed by atoms with Crippen molar-refractivity contribution in [2.24, 2.45) is 5.92 Å². The first-order valence-corrected chi connectivity index (χ1v) is 10.3. The van der Waals surface area contributed by atoms with E-state index in [0.717, 1.165) is 24.9 Å². The summed E-state index contributed by atoms with van der Waals surface area (Å²) in [6.45, 7) is 3.37. The van der Waals surface area contributed by atoms with E-state index >= 15 is 0 Å². The molecular weight excluding hydrogens is 400 g/mol. The van der Waals surface area contributed by atoms with Crippen LogP contribution in [0.5, 0.6) is 11.6 Å². The Balaban J connectivity index is 1.48. The quantitative estimate of drug-likeness (QED) is 0.620. The number of hydrogen-bond donors (Lipinski definition) is 1. The van der Waals surface area contributed by atoms with Gasteiger partial charge in [0.05, 0.1) is 5.92 Å². The van der Waals surface area contributed by atoms with E-state index in [0.29, 0.717) is 34.7 Å². The van der Waals surface area contributed by atoms with Gasteiger partial charge in [0.25, 0.3) is 5.88 Å². The molecule has 6 nitrogen and oxygen atoms in total. The molecule has 1 N–H and O–H groups in total. The number of ether oxygens (including phenoxy) is 1. The first kappa shape index (κ1) is 20.2. The molecule has 2 heterocycles. The van der Waals surface area contributed by atoms with Crippen LogP contribution < -0.4 is 15.0 Å². The van der Waals surface area contributed by atoms with Gasteiger partial charge < -0.3 is 15.0 Å². The number of piperidine rings is 1. The van der Waals surface area contributed by atoms with E-state index in [1.165, 1.54) is 0 Å². The molecular formula is C23H23ClN4O2. The molecule has 0 radical (unpaired) electrons. The van der Waals surface area contributed by atoms with Crippen LogP contribution in [0.15, 0.2) is 60.9 Å². The minimum absolute atomic E-state index is 0.0214. The Kier molecular flexibility index (Phi) is 6.14. The Morgan fingerprint density at radius 3 is 2.77 bits per heavy atom. The molecule has 0 saturated carbocycles. The van der Waals surface area contributed by atoms with Gasteiger partial charge in [-0.2, -0.15) is 0 Å². The van der Waals surface area contributed by atoms with Crippen LogP contribution in [0.2, 0.25) is 5.02 Å². The van der Waals surface area contributed by atoms with Gasteiger partial charge in [0.2, 0.25) is 5.91 Å². The fraction of sp³-hybridized carbons (Fsp3) is 0.261. The minimum atomic E-state index is -0.160. The first-order valence-electron chi connectivity index (χ1n) is 9.95. The zero-order valence-corrected chi connectivity index (χ0v) is 17.5. The average molecular weight is 423 g/mol. The van der Waals surface area contributed by atoms with E-state index in [-0.39, 0.29) is 11.8 Å². The summed E-state index contributed by atoms with van der Waals surface area (Å²) in [5.41, 5.74) is 1.86. The highest BCUT2D eigenvalue weighted by atomic mass is 35.5. The highest BCUT2D eigenvalue weighted by Gasteiger charge is 2.28. The lowest BCUT2D eigenvalue weighted by molar-refractivity contribution is -0.120. The van der Waals surface area contributed by atoms with Crippen LogP contribution in [0.25, 0.3) is 0 Å². The van der Waals surface area contributed by atoms with E-state index in [9.17, 15) is 4.79 Å². The van der Waals surface area contributed by atoms with Crippen molar-refractivity contribution in [1.29, 1.82) is 0 Å². The van der Waals surface area contributed by atoms with Gasteiger partial charge in [-0.05, 0) is 50.1 Å². The molecule has 3 aromatic rings. The average Bonchev–Trinajstić information content (AvgIpc) is 2.76. The van der Waals surface area contributed by atoms with E-state index < -0.39 is 0 Å². The first-order chi connectivity index (χ1) is 14.6. The van der Waals surface area contributed by atoms with Gasteiger partial charge in [-0.1, -0.05) is 35.4 Å². The summed E-state index contributed by atoms with van der Waals surface area (Å²) >= 11 is 6.02. The smallest absolute Gasteiger partial charge is 0.263 e. The third-order valence-corrected chi connectivity index (χ3v) is 5.30. The Morgan fingerprint density at radius 2 is 1.97 bits per heavy atom. The number of benzene rings is 2. The van der Waals surface area contributed by atoms with Gasteiger partial charge in [0, 0.05) is 36.2 Å². The van der Waals surface area contributed by atoms with Gasteiger partial charge in [-0.3, -0.25) is 4.79 Å². The summed E-state index contributed by atoms with van der Waals surface area (Å²) in [6, 6.07) is 15.0. The van der Waals surface area contributed by atoms with Crippen molar-refractivity contribution < 1.29 is 9.53 Å². The van der Waals surface area contributed by atoms with Gasteiger partial charge in [-0.15, -0.1) is 0 Å². The number of amides is 1. The Morgan fingerprint density at radius 1 is 1.17 bits per heavy atom. The van der Waals surface area contributed by atoms with Crippen LogP contribution in [0.1, 0.15) is 18.4 Å². The van der Waals surface area contributed by atoms with Gasteiger partial charge >= 0.3 is 0 Å². The van der Waals surface area contributed by atoms with Crippen LogP contribution in [-0.4, -0.2) is 29.0 Å². The van der Waals surface area contributed by atoms with Crippen molar-refractivity contribution in [1.82, 2.24) is 9.97 Å². The SMILES string of the molecule is Cc1ccc(Oc2nccnc2N2CCC[C@@H](C(=O)Nc3cccc(Cl)c3)C2)cc1. The lowest BCUT2D eigenvalue weighted by Gasteiger charge is -2.33. The molecule has 1 saturated heterocycles. The fourth-order valence-electron chi connectivity index (χ4n) is 3.52. The molecule has 1 atom stereocenters. The lowest BCUT2D eigenvalue weighted by atomic mass is 9.97. The molecule has 4 rings (SSSR count). The van der Waals surface area contributed by atoms with E-state index in [4.69, 9.17) is 16.3 Å². The predicted molar refractivity (Wildman–Crippen MR) is 118 cm³/mol. The van der Waals surface area contributed by atoms with E-state index in [1.807, 2.05) is 43.3 Å². The van der Waals surface area contributed by atoms with Crippen molar-refractivity contribution in [2.75, 3.05) is 23.3 Å². The maximum Gasteiger partial charge on any atom is 0.263 e. The number of carbonyl (C=O) groups is 1. The monoisotopic (exact) mass is 422 g/mol. The second-order valence-electron chi connectivity index (χ2n) is 7.38. The third-order valence-electron chi connectivity index (χ3n) is 5.07. The van der Waals surface area contributed by atoms with Crippen molar-refractivity contribution in [2.45, 2.75) is 19.8 Å². The third kappa shape index (κ3) is 4.89. The number of aryl methyl sites for hydroxylation is 1. The molecule has 0 spiro atoms. The predicted octanol–water partition coefficient (Wildman–Crippen LogP) is 5.09. The molecule has 1 aromatic heterocycles. The summed E-state index contributed by atoms with van der Waals surface area (Å²) in [5.74, 6) is 1.61. The van der Waals surface area contributed by atoms with E-state index in [2.05, 4.69) is 20.2 Å². The highest BCUT2D eigenvalue weighted by Crippen LogP contribution is 2.31. The van der Waals surface area contributed by atoms with Crippen molar-refractivity contribution in [3.8, 4) is 11.6 Å². The normalized spacial score (nSPS) is 16.2. The second kappa shape index (κ2) is 9.13. The molecule has 1 amide bonds. The Bertz CT molecular complexity index is 1030. The van der Waals surface area contributed by atoms with Crippen LogP contribution in [0, 0.1) is 12.8 Å². The molecule has 0 aliphatic carbocycles. The number of nitrogens with zero attached hydrogens (tertiary/aromatic N) is 3.